The van der Waals surface area contributed by atoms with Crippen LogP contribution < -0.4 is 5.32 Å². The fraction of sp³-hybridized carbons (Fsp3) is 0.562. The van der Waals surface area contributed by atoms with Crippen molar-refractivity contribution in [3.05, 3.63) is 33.4 Å². The number of nitrogens with one attached hydrogen (secondary N) is 1. The smallest absolute Gasteiger partial charge is 0.320 e. The first-order valence-electron chi connectivity index (χ1n) is 7.26. The zero-order valence-electron chi connectivity index (χ0n) is 12.2. The van der Waals surface area contributed by atoms with E-state index in [-0.39, 0.29) is 6.04 Å². The Labute approximate surface area is 135 Å². The summed E-state index contributed by atoms with van der Waals surface area (Å²) in [5.41, 5.74) is 1.31. The maximum atomic E-state index is 11.2. The molecule has 0 aliphatic heterocycles. The van der Waals surface area contributed by atoms with E-state index < -0.39 is 12.0 Å². The number of halogens is 1. The van der Waals surface area contributed by atoms with Gasteiger partial charge >= 0.3 is 5.97 Å². The second-order valence-corrected chi connectivity index (χ2v) is 6.51. The molecule has 0 bridgehead atoms. The number of carboxylic acid groups (broad SMARTS) is 1. The van der Waals surface area contributed by atoms with E-state index in [2.05, 4.69) is 66.0 Å². The lowest BCUT2D eigenvalue weighted by molar-refractivity contribution is -0.139. The highest BCUT2D eigenvalue weighted by atomic mass is 127. The molecule has 0 spiro atoms. The number of unbranched alkanes of at least 4 members (excludes halogenated alkanes) is 1. The van der Waals surface area contributed by atoms with E-state index in [9.17, 15) is 9.90 Å². The average molecular weight is 389 g/mol. The molecule has 0 aliphatic carbocycles. The Balaban J connectivity index is 2.39. The molecule has 0 amide bonds. The van der Waals surface area contributed by atoms with Gasteiger partial charge in [-0.1, -0.05) is 31.9 Å². The third-order valence-electron chi connectivity index (χ3n) is 3.41. The van der Waals surface area contributed by atoms with E-state index >= 15 is 0 Å². The quantitative estimate of drug-likeness (QED) is 0.631. The Hall–Kier alpha value is -0.620. The number of rotatable bonds is 9. The number of aliphatic carboxylic acids is 1. The zero-order valence-corrected chi connectivity index (χ0v) is 14.4. The van der Waals surface area contributed by atoms with Crippen LogP contribution >= 0.6 is 22.6 Å². The first kappa shape index (κ1) is 17.4. The van der Waals surface area contributed by atoms with E-state index in [1.54, 1.807) is 0 Å². The molecule has 0 aliphatic rings. The highest BCUT2D eigenvalue weighted by molar-refractivity contribution is 14.1. The third kappa shape index (κ3) is 6.70. The molecule has 4 heteroatoms. The lowest BCUT2D eigenvalue weighted by Crippen LogP contribution is -2.42. The summed E-state index contributed by atoms with van der Waals surface area (Å²) in [5.74, 6) is -0.737. The number of benzene rings is 1. The molecule has 0 fully saturated rings. The Kier molecular flexibility index (Phi) is 8.14. The number of carbonyl (C=O) groups is 1. The molecule has 1 aromatic rings. The molecule has 2 atom stereocenters. The summed E-state index contributed by atoms with van der Waals surface area (Å²) >= 11 is 2.30. The van der Waals surface area contributed by atoms with Gasteiger partial charge in [-0.3, -0.25) is 4.79 Å². The molecule has 1 aromatic carbocycles. The number of hydrogen-bond acceptors (Lipinski definition) is 2. The van der Waals surface area contributed by atoms with Crippen molar-refractivity contribution < 1.29 is 9.90 Å². The largest absolute Gasteiger partial charge is 0.480 e. The molecule has 1 unspecified atom stereocenters. The van der Waals surface area contributed by atoms with Gasteiger partial charge in [-0.15, -0.1) is 0 Å². The van der Waals surface area contributed by atoms with Gasteiger partial charge in [-0.05, 0) is 66.5 Å². The summed E-state index contributed by atoms with van der Waals surface area (Å²) in [6, 6.07) is 8.29. The Morgan fingerprint density at radius 1 is 1.30 bits per heavy atom. The van der Waals surface area contributed by atoms with Crippen LogP contribution in [0.25, 0.3) is 0 Å². The number of hydrogen-bond donors (Lipinski definition) is 2. The summed E-state index contributed by atoms with van der Waals surface area (Å²) in [6.45, 7) is 4.15. The maximum absolute atomic E-state index is 11.2. The van der Waals surface area contributed by atoms with Crippen molar-refractivity contribution in [2.24, 2.45) is 0 Å². The Bertz CT molecular complexity index is 405. The van der Waals surface area contributed by atoms with Crippen LogP contribution in [0.1, 0.15) is 45.1 Å². The molecular formula is C16H24INO2. The average Bonchev–Trinajstić information content (AvgIpc) is 2.42. The van der Waals surface area contributed by atoms with Gasteiger partial charge in [0.2, 0.25) is 0 Å². The highest BCUT2D eigenvalue weighted by Crippen LogP contribution is 2.10. The van der Waals surface area contributed by atoms with Crippen LogP contribution in [0.2, 0.25) is 0 Å². The Morgan fingerprint density at radius 3 is 2.50 bits per heavy atom. The van der Waals surface area contributed by atoms with Crippen molar-refractivity contribution in [1.82, 2.24) is 5.32 Å². The van der Waals surface area contributed by atoms with Crippen molar-refractivity contribution in [2.45, 2.75) is 58.0 Å². The van der Waals surface area contributed by atoms with Gasteiger partial charge in [0.25, 0.3) is 0 Å². The second-order valence-electron chi connectivity index (χ2n) is 5.27. The van der Waals surface area contributed by atoms with Crippen molar-refractivity contribution in [3.8, 4) is 0 Å². The normalized spacial score (nSPS) is 13.9. The first-order chi connectivity index (χ1) is 9.52. The first-order valence-corrected chi connectivity index (χ1v) is 8.34. The minimum Gasteiger partial charge on any atom is -0.480 e. The number of carboxylic acids is 1. The van der Waals surface area contributed by atoms with Gasteiger partial charge in [0, 0.05) is 9.61 Å². The van der Waals surface area contributed by atoms with Gasteiger partial charge in [0.15, 0.2) is 0 Å². The lowest BCUT2D eigenvalue weighted by Gasteiger charge is -2.20. The van der Waals surface area contributed by atoms with Gasteiger partial charge in [0.05, 0.1) is 0 Å². The molecule has 0 saturated heterocycles. The molecule has 0 aromatic heterocycles. The predicted molar refractivity (Wildman–Crippen MR) is 91.0 cm³/mol. The Morgan fingerprint density at radius 2 is 1.95 bits per heavy atom. The third-order valence-corrected chi connectivity index (χ3v) is 4.13. The van der Waals surface area contributed by atoms with E-state index in [0.717, 1.165) is 25.7 Å². The molecule has 20 heavy (non-hydrogen) atoms. The van der Waals surface area contributed by atoms with Crippen molar-refractivity contribution >= 4 is 28.6 Å². The summed E-state index contributed by atoms with van der Waals surface area (Å²) in [7, 11) is 0. The van der Waals surface area contributed by atoms with Crippen LogP contribution in [-0.2, 0) is 11.2 Å². The zero-order chi connectivity index (χ0) is 15.0. The molecule has 0 saturated carbocycles. The second kappa shape index (κ2) is 9.34. The van der Waals surface area contributed by atoms with Crippen LogP contribution in [0.3, 0.4) is 0 Å². The SMILES string of the molecule is CCCC[C@H](NC(C)CCc1ccc(I)cc1)C(=O)O. The van der Waals surface area contributed by atoms with Crippen LogP contribution in [-0.4, -0.2) is 23.2 Å². The summed E-state index contributed by atoms with van der Waals surface area (Å²) in [5, 5.41) is 12.4. The monoisotopic (exact) mass is 389 g/mol. The van der Waals surface area contributed by atoms with E-state index in [1.807, 2.05) is 0 Å². The molecule has 2 N–H and O–H groups in total. The molecule has 0 heterocycles. The fourth-order valence-electron chi connectivity index (χ4n) is 2.15. The van der Waals surface area contributed by atoms with Crippen LogP contribution in [0.5, 0.6) is 0 Å². The van der Waals surface area contributed by atoms with Crippen LogP contribution in [0, 0.1) is 3.57 Å². The lowest BCUT2D eigenvalue weighted by atomic mass is 10.0. The summed E-state index contributed by atoms with van der Waals surface area (Å²) < 4.78 is 1.24. The molecule has 0 radical (unpaired) electrons. The van der Waals surface area contributed by atoms with E-state index in [4.69, 9.17) is 0 Å². The molecule has 112 valence electrons. The van der Waals surface area contributed by atoms with E-state index in [0.29, 0.717) is 6.42 Å². The van der Waals surface area contributed by atoms with Gasteiger partial charge in [-0.2, -0.15) is 0 Å². The highest BCUT2D eigenvalue weighted by Gasteiger charge is 2.18. The van der Waals surface area contributed by atoms with Crippen molar-refractivity contribution in [1.29, 1.82) is 0 Å². The molecule has 3 nitrogen and oxygen atoms in total. The van der Waals surface area contributed by atoms with Gasteiger partial charge < -0.3 is 10.4 Å². The fourth-order valence-corrected chi connectivity index (χ4v) is 2.51. The maximum Gasteiger partial charge on any atom is 0.320 e. The molecular weight excluding hydrogens is 365 g/mol. The minimum atomic E-state index is -0.737. The van der Waals surface area contributed by atoms with Gasteiger partial charge in [-0.25, -0.2) is 0 Å². The minimum absolute atomic E-state index is 0.215. The standard InChI is InChI=1S/C16H24INO2/c1-3-4-5-15(16(19)20)18-12(2)6-7-13-8-10-14(17)11-9-13/h8-12,15,18H,3-7H2,1-2H3,(H,19,20)/t12?,15-/m0/s1. The number of aryl methyl sites for hydroxylation is 1. The molecule has 1 rings (SSSR count). The topological polar surface area (TPSA) is 49.3 Å². The van der Waals surface area contributed by atoms with Crippen molar-refractivity contribution in [2.75, 3.05) is 0 Å². The van der Waals surface area contributed by atoms with Crippen LogP contribution in [0.15, 0.2) is 24.3 Å². The summed E-state index contributed by atoms with van der Waals surface area (Å²) in [4.78, 5) is 11.2. The van der Waals surface area contributed by atoms with Crippen LogP contribution in [0.4, 0.5) is 0 Å². The van der Waals surface area contributed by atoms with E-state index in [1.165, 1.54) is 9.13 Å². The van der Waals surface area contributed by atoms with Crippen molar-refractivity contribution in [3.63, 3.8) is 0 Å². The summed E-state index contributed by atoms with van der Waals surface area (Å²) in [6.07, 6.45) is 4.62. The predicted octanol–water partition coefficient (Wildman–Crippen LogP) is 3.85. The van der Waals surface area contributed by atoms with Gasteiger partial charge in [0.1, 0.15) is 6.04 Å².